The van der Waals surface area contributed by atoms with E-state index >= 15 is 0 Å². The molecule has 0 saturated carbocycles. The maximum atomic E-state index is 6.13. The zero-order chi connectivity index (χ0) is 14.9. The van der Waals surface area contributed by atoms with Gasteiger partial charge >= 0.3 is 0 Å². The highest BCUT2D eigenvalue weighted by molar-refractivity contribution is 5.21. The van der Waals surface area contributed by atoms with E-state index in [9.17, 15) is 0 Å². The average Bonchev–Trinajstić information content (AvgIpc) is 2.82. The lowest BCUT2D eigenvalue weighted by molar-refractivity contribution is -0.150. The molecule has 1 aromatic rings. The van der Waals surface area contributed by atoms with Crippen LogP contribution in [0.2, 0.25) is 0 Å². The number of nitrogens with zero attached hydrogens (tertiary/aromatic N) is 2. The fourth-order valence-corrected chi connectivity index (χ4v) is 3.74. The molecule has 118 valence electrons. The van der Waals surface area contributed by atoms with Gasteiger partial charge in [0.05, 0.1) is 17.8 Å². The highest BCUT2D eigenvalue weighted by Crippen LogP contribution is 2.42. The molecule has 2 aliphatic heterocycles. The number of hydrogen-bond donors (Lipinski definition) is 2. The van der Waals surface area contributed by atoms with Crippen molar-refractivity contribution < 1.29 is 9.47 Å². The predicted octanol–water partition coefficient (Wildman–Crippen LogP) is 1.21. The molecule has 6 heteroatoms. The Bertz CT molecular complexity index is 477. The van der Waals surface area contributed by atoms with Crippen molar-refractivity contribution in [3.05, 3.63) is 17.5 Å². The van der Waals surface area contributed by atoms with Crippen molar-refractivity contribution in [2.24, 2.45) is 18.8 Å². The lowest BCUT2D eigenvalue weighted by atomic mass is 9.76. The molecule has 1 spiro atoms. The van der Waals surface area contributed by atoms with Crippen LogP contribution in [0.5, 0.6) is 0 Å². The van der Waals surface area contributed by atoms with Gasteiger partial charge in [-0.2, -0.15) is 5.10 Å². The quantitative estimate of drug-likeness (QED) is 0.647. The molecular weight excluding hydrogens is 268 g/mol. The summed E-state index contributed by atoms with van der Waals surface area (Å²) in [5.41, 5.74) is 5.39. The number of aryl methyl sites for hydroxylation is 1. The molecule has 3 rings (SSSR count). The van der Waals surface area contributed by atoms with Crippen LogP contribution in [-0.4, -0.2) is 35.2 Å². The first-order valence-corrected chi connectivity index (χ1v) is 7.81. The number of hydrogen-bond acceptors (Lipinski definition) is 5. The number of ether oxygens (including phenoxy) is 2. The standard InChI is InChI=1S/C15H26N4O2/c1-11-13(10-17-19(11)2)14(18-16)12-3-6-21-15(9-12)4-7-20-8-5-15/h10,12,14,18H,3-9,16H2,1-2H3. The first-order chi connectivity index (χ1) is 10.2. The summed E-state index contributed by atoms with van der Waals surface area (Å²) in [6, 6.07) is 0.141. The van der Waals surface area contributed by atoms with E-state index in [-0.39, 0.29) is 11.6 Å². The van der Waals surface area contributed by atoms with Crippen LogP contribution in [0.4, 0.5) is 0 Å². The van der Waals surface area contributed by atoms with E-state index in [4.69, 9.17) is 15.3 Å². The molecule has 0 amide bonds. The summed E-state index contributed by atoms with van der Waals surface area (Å²) in [6.45, 7) is 4.51. The summed E-state index contributed by atoms with van der Waals surface area (Å²) in [4.78, 5) is 0. The molecule has 2 aliphatic rings. The fraction of sp³-hybridized carbons (Fsp3) is 0.800. The molecule has 0 radical (unpaired) electrons. The van der Waals surface area contributed by atoms with Crippen molar-refractivity contribution in [3.63, 3.8) is 0 Å². The zero-order valence-electron chi connectivity index (χ0n) is 13.0. The minimum atomic E-state index is -0.00756. The van der Waals surface area contributed by atoms with Gasteiger partial charge in [-0.3, -0.25) is 16.0 Å². The van der Waals surface area contributed by atoms with Crippen molar-refractivity contribution in [2.45, 2.75) is 44.2 Å². The Kier molecular flexibility index (Phi) is 4.31. The minimum absolute atomic E-state index is 0.00756. The Morgan fingerprint density at radius 2 is 2.19 bits per heavy atom. The summed E-state index contributed by atoms with van der Waals surface area (Å²) in [7, 11) is 1.97. The Morgan fingerprint density at radius 3 is 2.81 bits per heavy atom. The Hall–Kier alpha value is -0.950. The second-order valence-electron chi connectivity index (χ2n) is 6.35. The van der Waals surface area contributed by atoms with Crippen LogP contribution in [0.15, 0.2) is 6.20 Å². The Morgan fingerprint density at radius 1 is 1.43 bits per heavy atom. The summed E-state index contributed by atoms with van der Waals surface area (Å²) >= 11 is 0. The summed E-state index contributed by atoms with van der Waals surface area (Å²) in [5.74, 6) is 6.36. The van der Waals surface area contributed by atoms with Crippen LogP contribution >= 0.6 is 0 Å². The molecule has 3 N–H and O–H groups in total. The van der Waals surface area contributed by atoms with E-state index in [2.05, 4.69) is 17.4 Å². The van der Waals surface area contributed by atoms with Crippen LogP contribution < -0.4 is 11.3 Å². The molecule has 2 saturated heterocycles. The maximum Gasteiger partial charge on any atom is 0.0729 e. The number of rotatable bonds is 3. The molecule has 3 heterocycles. The average molecular weight is 294 g/mol. The van der Waals surface area contributed by atoms with Gasteiger partial charge in [-0.15, -0.1) is 0 Å². The molecule has 1 aromatic heterocycles. The van der Waals surface area contributed by atoms with Gasteiger partial charge in [-0.1, -0.05) is 0 Å². The smallest absolute Gasteiger partial charge is 0.0729 e. The Balaban J connectivity index is 1.79. The van der Waals surface area contributed by atoms with Crippen molar-refractivity contribution >= 4 is 0 Å². The van der Waals surface area contributed by atoms with E-state index < -0.39 is 0 Å². The molecule has 6 nitrogen and oxygen atoms in total. The summed E-state index contributed by atoms with van der Waals surface area (Å²) < 4.78 is 13.5. The highest BCUT2D eigenvalue weighted by Gasteiger charge is 2.41. The number of hydrazine groups is 1. The number of nitrogens with two attached hydrogens (primary N) is 1. The monoisotopic (exact) mass is 294 g/mol. The highest BCUT2D eigenvalue weighted by atomic mass is 16.5. The first kappa shape index (κ1) is 15.0. The van der Waals surface area contributed by atoms with E-state index in [1.165, 1.54) is 11.3 Å². The molecular formula is C15H26N4O2. The van der Waals surface area contributed by atoms with Crippen LogP contribution in [0.1, 0.15) is 43.0 Å². The van der Waals surface area contributed by atoms with Gasteiger partial charge in [0.2, 0.25) is 0 Å². The summed E-state index contributed by atoms with van der Waals surface area (Å²) in [6.07, 6.45) is 6.00. The molecule has 2 fully saturated rings. The largest absolute Gasteiger partial charge is 0.381 e. The minimum Gasteiger partial charge on any atom is -0.381 e. The normalized spacial score (nSPS) is 26.9. The van der Waals surface area contributed by atoms with Gasteiger partial charge in [0.1, 0.15) is 0 Å². The SMILES string of the molecule is Cc1c(C(NN)C2CCOC3(CCOCC3)C2)cnn1C. The van der Waals surface area contributed by atoms with Crippen LogP contribution in [0.25, 0.3) is 0 Å². The molecule has 2 unspecified atom stereocenters. The van der Waals surface area contributed by atoms with Crippen molar-refractivity contribution in [1.29, 1.82) is 0 Å². The van der Waals surface area contributed by atoms with Gasteiger partial charge in [-0.05, 0) is 38.5 Å². The first-order valence-electron chi connectivity index (χ1n) is 7.81. The topological polar surface area (TPSA) is 74.3 Å². The number of nitrogens with one attached hydrogen (secondary N) is 1. The van der Waals surface area contributed by atoms with E-state index in [0.717, 1.165) is 45.5 Å². The molecule has 0 aromatic carbocycles. The van der Waals surface area contributed by atoms with Gasteiger partial charge in [0.15, 0.2) is 0 Å². The summed E-state index contributed by atoms with van der Waals surface area (Å²) in [5, 5.41) is 4.35. The van der Waals surface area contributed by atoms with Crippen molar-refractivity contribution in [1.82, 2.24) is 15.2 Å². The van der Waals surface area contributed by atoms with Crippen molar-refractivity contribution in [3.8, 4) is 0 Å². The van der Waals surface area contributed by atoms with Gasteiger partial charge in [-0.25, -0.2) is 0 Å². The van der Waals surface area contributed by atoms with Crippen molar-refractivity contribution in [2.75, 3.05) is 19.8 Å². The fourth-order valence-electron chi connectivity index (χ4n) is 3.74. The molecule has 2 atom stereocenters. The molecule has 0 aliphatic carbocycles. The van der Waals surface area contributed by atoms with E-state index in [0.29, 0.717) is 5.92 Å². The lowest BCUT2D eigenvalue weighted by Gasteiger charge is -2.45. The maximum absolute atomic E-state index is 6.13. The van der Waals surface area contributed by atoms with E-state index in [1.807, 2.05) is 17.9 Å². The Labute approximate surface area is 125 Å². The van der Waals surface area contributed by atoms with Gasteiger partial charge in [0.25, 0.3) is 0 Å². The van der Waals surface area contributed by atoms with E-state index in [1.54, 1.807) is 0 Å². The van der Waals surface area contributed by atoms with Gasteiger partial charge in [0, 0.05) is 38.1 Å². The molecule has 21 heavy (non-hydrogen) atoms. The third-order valence-electron chi connectivity index (χ3n) is 5.19. The molecule has 0 bridgehead atoms. The zero-order valence-corrected chi connectivity index (χ0v) is 13.0. The second kappa shape index (κ2) is 6.04. The second-order valence-corrected chi connectivity index (χ2v) is 6.35. The van der Waals surface area contributed by atoms with Crippen LogP contribution in [0, 0.1) is 12.8 Å². The number of aromatic nitrogens is 2. The van der Waals surface area contributed by atoms with Crippen LogP contribution in [0.3, 0.4) is 0 Å². The van der Waals surface area contributed by atoms with Gasteiger partial charge < -0.3 is 9.47 Å². The third-order valence-corrected chi connectivity index (χ3v) is 5.19. The lowest BCUT2D eigenvalue weighted by Crippen LogP contribution is -2.47. The predicted molar refractivity (Wildman–Crippen MR) is 79.5 cm³/mol. The third kappa shape index (κ3) is 2.85. The van der Waals surface area contributed by atoms with Crippen LogP contribution in [-0.2, 0) is 16.5 Å².